The van der Waals surface area contributed by atoms with Crippen molar-refractivity contribution in [2.75, 3.05) is 5.32 Å². The Labute approximate surface area is 150 Å². The van der Waals surface area contributed by atoms with Gasteiger partial charge < -0.3 is 9.84 Å². The maximum atomic E-state index is 12.6. The average Bonchev–Trinajstić information content (AvgIpc) is 3.59. The first-order valence-corrected chi connectivity index (χ1v) is 8.99. The summed E-state index contributed by atoms with van der Waals surface area (Å²) < 4.78 is 5.31. The highest BCUT2D eigenvalue weighted by atomic mass is 16.5. The Bertz CT molecular complexity index is 981. The van der Waals surface area contributed by atoms with Crippen molar-refractivity contribution in [1.82, 2.24) is 20.3 Å². The van der Waals surface area contributed by atoms with Gasteiger partial charge >= 0.3 is 0 Å². The summed E-state index contributed by atoms with van der Waals surface area (Å²) in [6, 6.07) is 7.25. The van der Waals surface area contributed by atoms with Crippen LogP contribution in [0.5, 0.6) is 0 Å². The number of aromatic amines is 1. The number of hydrogen-bond acceptors (Lipinski definition) is 5. The van der Waals surface area contributed by atoms with Crippen molar-refractivity contribution in [3.05, 3.63) is 47.0 Å². The lowest BCUT2D eigenvalue weighted by Gasteiger charge is -2.05. The summed E-state index contributed by atoms with van der Waals surface area (Å²) in [5, 5.41) is 14.2. The monoisotopic (exact) mass is 349 g/mol. The smallest absolute Gasteiger partial charge is 0.256 e. The van der Waals surface area contributed by atoms with Crippen LogP contribution in [-0.2, 0) is 0 Å². The van der Waals surface area contributed by atoms with Crippen LogP contribution in [0, 0.1) is 6.92 Å². The number of carbonyl (C=O) groups excluding carboxylic acids is 1. The Kier molecular flexibility index (Phi) is 3.41. The second-order valence-electron chi connectivity index (χ2n) is 7.15. The molecular weight excluding hydrogens is 330 g/mol. The number of H-pyrrole nitrogens is 1. The highest BCUT2D eigenvalue weighted by Crippen LogP contribution is 2.42. The molecule has 132 valence electrons. The van der Waals surface area contributed by atoms with Crippen LogP contribution in [0.15, 0.2) is 28.8 Å². The minimum absolute atomic E-state index is 0.199. The number of anilines is 1. The third-order valence-corrected chi connectivity index (χ3v) is 5.02. The van der Waals surface area contributed by atoms with Gasteiger partial charge in [-0.05, 0) is 44.7 Å². The zero-order valence-electron chi connectivity index (χ0n) is 14.5. The lowest BCUT2D eigenvalue weighted by Crippen LogP contribution is -2.13. The number of benzene rings is 1. The van der Waals surface area contributed by atoms with Gasteiger partial charge in [0.1, 0.15) is 0 Å². The Morgan fingerprint density at radius 3 is 2.81 bits per heavy atom. The van der Waals surface area contributed by atoms with Crippen molar-refractivity contribution in [3.63, 3.8) is 0 Å². The quantitative estimate of drug-likeness (QED) is 0.731. The van der Waals surface area contributed by atoms with Gasteiger partial charge in [0, 0.05) is 34.2 Å². The Morgan fingerprint density at radius 2 is 2.04 bits per heavy atom. The normalized spacial score (nSPS) is 16.7. The van der Waals surface area contributed by atoms with Gasteiger partial charge in [0.25, 0.3) is 5.91 Å². The molecule has 2 aromatic heterocycles. The molecule has 3 aromatic rings. The van der Waals surface area contributed by atoms with E-state index in [0.29, 0.717) is 34.9 Å². The lowest BCUT2D eigenvalue weighted by molar-refractivity contribution is 0.102. The van der Waals surface area contributed by atoms with E-state index in [4.69, 9.17) is 4.52 Å². The van der Waals surface area contributed by atoms with Gasteiger partial charge in [0.05, 0.1) is 0 Å². The molecule has 1 aromatic carbocycles. The van der Waals surface area contributed by atoms with Crippen LogP contribution in [0.4, 0.5) is 5.82 Å². The van der Waals surface area contributed by atoms with Crippen LogP contribution in [0.3, 0.4) is 0 Å². The Hall–Kier alpha value is -2.96. The first kappa shape index (κ1) is 15.3. The van der Waals surface area contributed by atoms with Crippen molar-refractivity contribution in [2.24, 2.45) is 0 Å². The number of nitrogens with one attached hydrogen (secondary N) is 2. The SMILES string of the molecule is Cc1c(NC(=O)c2cccc(-c3noc(C4CC4)n3)c2)n[nH]c1C1CC1. The topological polar surface area (TPSA) is 96.7 Å². The van der Waals surface area contributed by atoms with Crippen molar-refractivity contribution >= 4 is 11.7 Å². The first-order valence-electron chi connectivity index (χ1n) is 8.99. The zero-order chi connectivity index (χ0) is 17.7. The second-order valence-corrected chi connectivity index (χ2v) is 7.15. The maximum absolute atomic E-state index is 12.6. The summed E-state index contributed by atoms with van der Waals surface area (Å²) in [6.45, 7) is 1.99. The van der Waals surface area contributed by atoms with E-state index in [0.717, 1.165) is 29.7 Å². The molecule has 26 heavy (non-hydrogen) atoms. The molecule has 2 aliphatic rings. The van der Waals surface area contributed by atoms with Crippen LogP contribution < -0.4 is 5.32 Å². The minimum Gasteiger partial charge on any atom is -0.339 e. The molecule has 0 unspecified atom stereocenters. The van der Waals surface area contributed by atoms with E-state index in [-0.39, 0.29) is 5.91 Å². The van der Waals surface area contributed by atoms with E-state index in [1.54, 1.807) is 12.1 Å². The summed E-state index contributed by atoms with van der Waals surface area (Å²) in [7, 11) is 0. The van der Waals surface area contributed by atoms with Gasteiger partial charge in [-0.1, -0.05) is 17.3 Å². The van der Waals surface area contributed by atoms with Crippen LogP contribution in [-0.4, -0.2) is 26.2 Å². The molecule has 0 radical (unpaired) electrons. The molecule has 7 heteroatoms. The first-order chi connectivity index (χ1) is 12.7. The van der Waals surface area contributed by atoms with Crippen molar-refractivity contribution in [2.45, 2.75) is 44.4 Å². The number of amides is 1. The number of rotatable bonds is 5. The summed E-state index contributed by atoms with van der Waals surface area (Å²) in [5.74, 6) is 2.58. The molecule has 2 N–H and O–H groups in total. The standard InChI is InChI=1S/C19H19N5O2/c1-10-15(11-5-6-11)22-23-16(10)20-18(25)14-4-2-3-13(9-14)17-21-19(26-24-17)12-7-8-12/h2-4,9,11-12H,5-8H2,1H3,(H2,20,22,23,25). The number of aromatic nitrogens is 4. The van der Waals surface area contributed by atoms with Gasteiger partial charge in [-0.2, -0.15) is 10.1 Å². The Balaban J connectivity index is 1.36. The summed E-state index contributed by atoms with van der Waals surface area (Å²) >= 11 is 0. The van der Waals surface area contributed by atoms with Gasteiger partial charge in [-0.3, -0.25) is 9.89 Å². The molecule has 2 saturated carbocycles. The zero-order valence-corrected chi connectivity index (χ0v) is 14.5. The summed E-state index contributed by atoms with van der Waals surface area (Å²) in [4.78, 5) is 17.1. The lowest BCUT2D eigenvalue weighted by atomic mass is 10.1. The van der Waals surface area contributed by atoms with Gasteiger partial charge in [-0.15, -0.1) is 0 Å². The van der Waals surface area contributed by atoms with Crippen LogP contribution >= 0.6 is 0 Å². The summed E-state index contributed by atoms with van der Waals surface area (Å²) in [6.07, 6.45) is 4.59. The molecule has 0 saturated heterocycles. The largest absolute Gasteiger partial charge is 0.339 e. The van der Waals surface area contributed by atoms with Crippen LogP contribution in [0.25, 0.3) is 11.4 Å². The van der Waals surface area contributed by atoms with Crippen LogP contribution in [0.2, 0.25) is 0 Å². The highest BCUT2D eigenvalue weighted by Gasteiger charge is 2.30. The second kappa shape index (κ2) is 5.79. The molecular formula is C19H19N5O2. The van der Waals surface area contributed by atoms with Gasteiger partial charge in [0.15, 0.2) is 5.82 Å². The maximum Gasteiger partial charge on any atom is 0.256 e. The molecule has 2 fully saturated rings. The van der Waals surface area contributed by atoms with Crippen molar-refractivity contribution in [1.29, 1.82) is 0 Å². The predicted molar refractivity (Wildman–Crippen MR) is 95.0 cm³/mol. The molecule has 2 aliphatic carbocycles. The fraction of sp³-hybridized carbons (Fsp3) is 0.368. The minimum atomic E-state index is -0.199. The highest BCUT2D eigenvalue weighted by molar-refractivity contribution is 6.04. The molecule has 0 atom stereocenters. The predicted octanol–water partition coefficient (Wildman–Crippen LogP) is 3.78. The van der Waals surface area contributed by atoms with E-state index < -0.39 is 0 Å². The number of hydrogen-bond donors (Lipinski definition) is 2. The van der Waals surface area contributed by atoms with E-state index in [9.17, 15) is 4.79 Å². The molecule has 0 aliphatic heterocycles. The molecule has 0 bridgehead atoms. The van der Waals surface area contributed by atoms with E-state index in [1.165, 1.54) is 12.8 Å². The van der Waals surface area contributed by atoms with E-state index in [1.807, 2.05) is 19.1 Å². The molecule has 0 spiro atoms. The summed E-state index contributed by atoms with van der Waals surface area (Å²) in [5.41, 5.74) is 3.46. The third kappa shape index (κ3) is 2.79. The van der Waals surface area contributed by atoms with Gasteiger partial charge in [-0.25, -0.2) is 0 Å². The number of nitrogens with zero attached hydrogens (tertiary/aromatic N) is 3. The van der Waals surface area contributed by atoms with Crippen molar-refractivity contribution < 1.29 is 9.32 Å². The van der Waals surface area contributed by atoms with Crippen LogP contribution in [0.1, 0.15) is 65.0 Å². The molecule has 1 amide bonds. The van der Waals surface area contributed by atoms with E-state index >= 15 is 0 Å². The molecule has 5 rings (SSSR count). The average molecular weight is 349 g/mol. The van der Waals surface area contributed by atoms with Crippen molar-refractivity contribution in [3.8, 4) is 11.4 Å². The number of carbonyl (C=O) groups is 1. The van der Waals surface area contributed by atoms with Gasteiger partial charge in [0.2, 0.25) is 11.7 Å². The molecule has 7 nitrogen and oxygen atoms in total. The fourth-order valence-corrected chi connectivity index (χ4v) is 3.13. The Morgan fingerprint density at radius 1 is 1.23 bits per heavy atom. The molecule has 2 heterocycles. The fourth-order valence-electron chi connectivity index (χ4n) is 3.13. The third-order valence-electron chi connectivity index (χ3n) is 5.02. The van der Waals surface area contributed by atoms with E-state index in [2.05, 4.69) is 25.7 Å².